The van der Waals surface area contributed by atoms with Crippen LogP contribution in [-0.2, 0) is 10.0 Å². The molecule has 0 aromatic rings. The highest BCUT2D eigenvalue weighted by Gasteiger charge is 2.20. The molecule has 0 aliphatic heterocycles. The van der Waals surface area contributed by atoms with Gasteiger partial charge >= 0.3 is 0 Å². The lowest BCUT2D eigenvalue weighted by Gasteiger charge is -2.17. The second kappa shape index (κ2) is 5.38. The van der Waals surface area contributed by atoms with Crippen LogP contribution < -0.4 is 4.72 Å². The molecule has 1 N–H and O–H groups in total. The van der Waals surface area contributed by atoms with Crippen molar-refractivity contribution < 1.29 is 8.42 Å². The van der Waals surface area contributed by atoms with Gasteiger partial charge in [0.1, 0.15) is 0 Å². The van der Waals surface area contributed by atoms with Crippen LogP contribution in [0.25, 0.3) is 0 Å². The molecule has 0 aliphatic rings. The monoisotopic (exact) mass is 217 g/mol. The standard InChI is InChI=1S/C10H19NO2S/c1-5-6-7-8-11-14(12,13)9-10(2,3)4/h11H,7-9H2,1-4H3. The molecule has 0 rings (SSSR count). The Labute approximate surface area is 87.3 Å². The molecule has 4 heteroatoms. The van der Waals surface area contributed by atoms with Crippen LogP contribution in [0.1, 0.15) is 34.1 Å². The Morgan fingerprint density at radius 3 is 2.29 bits per heavy atom. The summed E-state index contributed by atoms with van der Waals surface area (Å²) in [6.45, 7) is 7.84. The third-order valence-corrected chi connectivity index (χ3v) is 3.26. The average molecular weight is 217 g/mol. The molecule has 0 heterocycles. The van der Waals surface area contributed by atoms with Crippen molar-refractivity contribution in [1.82, 2.24) is 4.72 Å². The Hall–Kier alpha value is -0.530. The van der Waals surface area contributed by atoms with Crippen LogP contribution in [-0.4, -0.2) is 20.7 Å². The first-order valence-corrected chi connectivity index (χ1v) is 6.29. The number of hydrogen-bond acceptors (Lipinski definition) is 2. The summed E-state index contributed by atoms with van der Waals surface area (Å²) < 4.78 is 25.4. The minimum atomic E-state index is -3.14. The van der Waals surface area contributed by atoms with Crippen molar-refractivity contribution in [1.29, 1.82) is 0 Å². The van der Waals surface area contributed by atoms with E-state index in [1.807, 2.05) is 20.8 Å². The lowest BCUT2D eigenvalue weighted by molar-refractivity contribution is 0.458. The SMILES string of the molecule is CC#CCCNS(=O)(=O)CC(C)(C)C. The summed E-state index contributed by atoms with van der Waals surface area (Å²) in [6.07, 6.45) is 0.569. The number of sulfonamides is 1. The predicted molar refractivity (Wildman–Crippen MR) is 59.3 cm³/mol. The zero-order valence-corrected chi connectivity index (χ0v) is 10.2. The lowest BCUT2D eigenvalue weighted by atomic mass is 10.0. The highest BCUT2D eigenvalue weighted by atomic mass is 32.2. The van der Waals surface area contributed by atoms with Gasteiger partial charge in [0, 0.05) is 13.0 Å². The molecule has 0 saturated heterocycles. The van der Waals surface area contributed by atoms with Crippen molar-refractivity contribution in [3.63, 3.8) is 0 Å². The van der Waals surface area contributed by atoms with Crippen LogP contribution in [0.2, 0.25) is 0 Å². The molecule has 0 unspecified atom stereocenters. The molecule has 0 amide bonds. The summed E-state index contributed by atoms with van der Waals surface area (Å²) in [7, 11) is -3.14. The maximum Gasteiger partial charge on any atom is 0.212 e. The van der Waals surface area contributed by atoms with Gasteiger partial charge in [-0.25, -0.2) is 13.1 Å². The van der Waals surface area contributed by atoms with Gasteiger partial charge in [-0.1, -0.05) is 20.8 Å². The summed E-state index contributed by atoms with van der Waals surface area (Å²) in [4.78, 5) is 0. The van der Waals surface area contributed by atoms with Gasteiger partial charge in [0.15, 0.2) is 0 Å². The highest BCUT2D eigenvalue weighted by molar-refractivity contribution is 7.89. The fourth-order valence-corrected chi connectivity index (χ4v) is 2.67. The molecule has 0 saturated carbocycles. The van der Waals surface area contributed by atoms with Crippen LogP contribution in [0.3, 0.4) is 0 Å². The molecule has 0 fully saturated rings. The summed E-state index contributed by atoms with van der Waals surface area (Å²) in [5, 5.41) is 0. The van der Waals surface area contributed by atoms with E-state index < -0.39 is 10.0 Å². The molecular weight excluding hydrogens is 198 g/mol. The van der Waals surface area contributed by atoms with Crippen LogP contribution in [0.4, 0.5) is 0 Å². The smallest absolute Gasteiger partial charge is 0.212 e. The quantitative estimate of drug-likeness (QED) is 0.571. The molecule has 14 heavy (non-hydrogen) atoms. The average Bonchev–Trinajstić information content (AvgIpc) is 1.93. The molecule has 0 bridgehead atoms. The minimum absolute atomic E-state index is 0.152. The molecule has 0 aromatic heterocycles. The maximum atomic E-state index is 11.5. The number of rotatable bonds is 4. The third kappa shape index (κ3) is 8.09. The fourth-order valence-electron chi connectivity index (χ4n) is 1.02. The first kappa shape index (κ1) is 13.5. The van der Waals surface area contributed by atoms with Crippen molar-refractivity contribution in [3.05, 3.63) is 0 Å². The highest BCUT2D eigenvalue weighted by Crippen LogP contribution is 2.14. The van der Waals surface area contributed by atoms with E-state index in [1.165, 1.54) is 0 Å². The topological polar surface area (TPSA) is 46.2 Å². The summed E-state index contributed by atoms with van der Waals surface area (Å²) >= 11 is 0. The largest absolute Gasteiger partial charge is 0.214 e. The Bertz CT molecular complexity index is 314. The summed E-state index contributed by atoms with van der Waals surface area (Å²) in [5.41, 5.74) is -0.206. The third-order valence-electron chi connectivity index (χ3n) is 1.37. The van der Waals surface area contributed by atoms with E-state index in [-0.39, 0.29) is 11.2 Å². The molecule has 0 aliphatic carbocycles. The van der Waals surface area contributed by atoms with E-state index in [1.54, 1.807) is 6.92 Å². The molecule has 0 radical (unpaired) electrons. The normalized spacial score (nSPS) is 12.0. The Balaban J connectivity index is 4.02. The van der Waals surface area contributed by atoms with E-state index in [4.69, 9.17) is 0 Å². The van der Waals surface area contributed by atoms with Crippen molar-refractivity contribution in [2.75, 3.05) is 12.3 Å². The molecule has 0 aromatic carbocycles. The second-order valence-corrected chi connectivity index (χ2v) is 6.20. The molecule has 0 spiro atoms. The van der Waals surface area contributed by atoms with Crippen molar-refractivity contribution >= 4 is 10.0 Å². The van der Waals surface area contributed by atoms with Crippen molar-refractivity contribution in [2.45, 2.75) is 34.1 Å². The van der Waals surface area contributed by atoms with Crippen LogP contribution >= 0.6 is 0 Å². The zero-order chi connectivity index (χ0) is 11.2. The van der Waals surface area contributed by atoms with Crippen LogP contribution in [0, 0.1) is 17.3 Å². The van der Waals surface area contributed by atoms with Gasteiger partial charge in [-0.15, -0.1) is 11.8 Å². The van der Waals surface area contributed by atoms with Crippen LogP contribution in [0.5, 0.6) is 0 Å². The minimum Gasteiger partial charge on any atom is -0.214 e. The van der Waals surface area contributed by atoms with Crippen molar-refractivity contribution in [3.8, 4) is 11.8 Å². The summed E-state index contributed by atoms with van der Waals surface area (Å²) in [6, 6.07) is 0. The number of nitrogens with one attached hydrogen (secondary N) is 1. The van der Waals surface area contributed by atoms with E-state index in [0.29, 0.717) is 13.0 Å². The van der Waals surface area contributed by atoms with Crippen molar-refractivity contribution in [2.24, 2.45) is 5.41 Å². The Kier molecular flexibility index (Phi) is 5.17. The molecule has 3 nitrogen and oxygen atoms in total. The van der Waals surface area contributed by atoms with Gasteiger partial charge in [-0.3, -0.25) is 0 Å². The fraction of sp³-hybridized carbons (Fsp3) is 0.800. The zero-order valence-electron chi connectivity index (χ0n) is 9.35. The lowest BCUT2D eigenvalue weighted by Crippen LogP contribution is -2.32. The molecule has 82 valence electrons. The maximum absolute atomic E-state index is 11.5. The van der Waals surface area contributed by atoms with E-state index in [2.05, 4.69) is 16.6 Å². The second-order valence-electron chi connectivity index (χ2n) is 4.39. The van der Waals surface area contributed by atoms with Gasteiger partial charge in [-0.05, 0) is 12.3 Å². The van der Waals surface area contributed by atoms with Gasteiger partial charge in [0.05, 0.1) is 5.75 Å². The van der Waals surface area contributed by atoms with Gasteiger partial charge in [0.25, 0.3) is 0 Å². The predicted octanol–water partition coefficient (Wildman–Crippen LogP) is 1.37. The molecule has 0 atom stereocenters. The van der Waals surface area contributed by atoms with Crippen LogP contribution in [0.15, 0.2) is 0 Å². The summed E-state index contributed by atoms with van der Waals surface area (Å²) in [5.74, 6) is 5.68. The van der Waals surface area contributed by atoms with Gasteiger partial charge in [-0.2, -0.15) is 0 Å². The first-order valence-electron chi connectivity index (χ1n) is 4.64. The van der Waals surface area contributed by atoms with E-state index in [0.717, 1.165) is 0 Å². The van der Waals surface area contributed by atoms with Gasteiger partial charge < -0.3 is 0 Å². The number of hydrogen-bond donors (Lipinski definition) is 1. The van der Waals surface area contributed by atoms with E-state index >= 15 is 0 Å². The van der Waals surface area contributed by atoms with Gasteiger partial charge in [0.2, 0.25) is 10.0 Å². The Morgan fingerprint density at radius 2 is 1.86 bits per heavy atom. The van der Waals surface area contributed by atoms with E-state index in [9.17, 15) is 8.42 Å². The first-order chi connectivity index (χ1) is 6.27. The molecular formula is C10H19NO2S. The Morgan fingerprint density at radius 1 is 1.29 bits per heavy atom.